The number of carbonyl (C=O) groups is 4. The normalized spacial score (nSPS) is 11.2. The van der Waals surface area contributed by atoms with E-state index >= 15 is 0 Å². The van der Waals surface area contributed by atoms with E-state index in [-0.39, 0.29) is 17.0 Å². The summed E-state index contributed by atoms with van der Waals surface area (Å²) < 4.78 is 9.95. The van der Waals surface area contributed by atoms with Gasteiger partial charge in [-0.05, 0) is 31.2 Å². The number of anilines is 1. The largest absolute Gasteiger partial charge is 0.459 e. The van der Waals surface area contributed by atoms with Crippen LogP contribution in [0.15, 0.2) is 47.1 Å². The molecule has 0 fully saturated rings. The smallest absolute Gasteiger partial charge is 0.341 e. The number of rotatable bonds is 5. The van der Waals surface area contributed by atoms with Crippen LogP contribution in [0.1, 0.15) is 27.8 Å². The minimum Gasteiger partial charge on any atom is -0.459 e. The summed E-state index contributed by atoms with van der Waals surface area (Å²) in [5.74, 6) is -2.21. The number of hydrogen-bond acceptors (Lipinski definition) is 6. The molecule has 25 heavy (non-hydrogen) atoms. The number of nitrogens with two attached hydrogens (primary N) is 1. The van der Waals surface area contributed by atoms with Gasteiger partial charge in [-0.1, -0.05) is 12.1 Å². The molecule has 0 aliphatic rings. The van der Waals surface area contributed by atoms with Crippen LogP contribution in [0, 0.1) is 0 Å². The third-order valence-electron chi connectivity index (χ3n) is 3.04. The van der Waals surface area contributed by atoms with Crippen molar-refractivity contribution < 1.29 is 28.3 Å². The molecular formula is C16H15N3O6. The quantitative estimate of drug-likeness (QED) is 0.697. The topological polar surface area (TPSA) is 141 Å². The van der Waals surface area contributed by atoms with Crippen molar-refractivity contribution in [3.05, 3.63) is 54.0 Å². The minimum atomic E-state index is -1.26. The molecule has 0 aliphatic carbocycles. The van der Waals surface area contributed by atoms with Crippen molar-refractivity contribution in [1.29, 1.82) is 0 Å². The molecule has 9 heteroatoms. The highest BCUT2D eigenvalue weighted by atomic mass is 16.5. The Morgan fingerprint density at radius 3 is 2.48 bits per heavy atom. The van der Waals surface area contributed by atoms with Gasteiger partial charge in [0.15, 0.2) is 11.9 Å². The highest BCUT2D eigenvalue weighted by Gasteiger charge is 2.22. The Hall–Kier alpha value is -3.62. The van der Waals surface area contributed by atoms with E-state index in [1.54, 1.807) is 23.5 Å². The number of urea groups is 1. The second-order valence-electron chi connectivity index (χ2n) is 4.88. The second-order valence-corrected chi connectivity index (χ2v) is 4.88. The van der Waals surface area contributed by atoms with Gasteiger partial charge in [-0.2, -0.15) is 0 Å². The van der Waals surface area contributed by atoms with E-state index in [0.29, 0.717) is 0 Å². The molecule has 9 nitrogen and oxygen atoms in total. The van der Waals surface area contributed by atoms with Gasteiger partial charge in [0.25, 0.3) is 11.8 Å². The molecule has 2 rings (SSSR count). The van der Waals surface area contributed by atoms with Crippen molar-refractivity contribution in [2.45, 2.75) is 13.0 Å². The molecule has 4 N–H and O–H groups in total. The van der Waals surface area contributed by atoms with Crippen molar-refractivity contribution in [1.82, 2.24) is 5.32 Å². The van der Waals surface area contributed by atoms with E-state index in [1.165, 1.54) is 31.4 Å². The molecule has 0 saturated carbocycles. The number of imide groups is 1. The Balaban J connectivity index is 2.11. The van der Waals surface area contributed by atoms with E-state index in [1.807, 2.05) is 0 Å². The lowest BCUT2D eigenvalue weighted by Gasteiger charge is -2.14. The first-order valence-electron chi connectivity index (χ1n) is 7.13. The molecule has 1 aromatic heterocycles. The molecule has 0 aliphatic heterocycles. The summed E-state index contributed by atoms with van der Waals surface area (Å²) in [6.45, 7) is 1.28. The predicted octanol–water partition coefficient (Wildman–Crippen LogP) is 1.27. The molecular weight excluding hydrogens is 330 g/mol. The fraction of sp³-hybridized carbons (Fsp3) is 0.125. The number of furan rings is 1. The van der Waals surface area contributed by atoms with Crippen molar-refractivity contribution in [3.8, 4) is 0 Å². The summed E-state index contributed by atoms with van der Waals surface area (Å²) >= 11 is 0. The summed E-state index contributed by atoms with van der Waals surface area (Å²) in [7, 11) is 0. The lowest BCUT2D eigenvalue weighted by atomic mass is 10.1. The van der Waals surface area contributed by atoms with Crippen LogP contribution < -0.4 is 16.4 Å². The first kappa shape index (κ1) is 17.7. The summed E-state index contributed by atoms with van der Waals surface area (Å²) in [5.41, 5.74) is 5.04. The summed E-state index contributed by atoms with van der Waals surface area (Å²) in [4.78, 5) is 46.5. The first-order chi connectivity index (χ1) is 11.9. The fourth-order valence-corrected chi connectivity index (χ4v) is 1.86. The van der Waals surface area contributed by atoms with Crippen molar-refractivity contribution in [3.63, 3.8) is 0 Å². The minimum absolute atomic E-state index is 0.0288. The van der Waals surface area contributed by atoms with Crippen LogP contribution >= 0.6 is 0 Å². The average Bonchev–Trinajstić information content (AvgIpc) is 3.09. The number of hydrogen-bond donors (Lipinski definition) is 3. The first-order valence-corrected chi connectivity index (χ1v) is 7.13. The number of primary amides is 1. The Morgan fingerprint density at radius 2 is 1.84 bits per heavy atom. The monoisotopic (exact) mass is 345 g/mol. The standard InChI is InChI=1S/C16H15N3O6/c1-9(13(20)19-16(17)23)25-15(22)10-5-2-3-6-11(10)18-14(21)12-7-4-8-24-12/h2-9H,1H3,(H,18,21)(H3,17,19,20,23)/t9-/m0/s1. The molecule has 0 radical (unpaired) electrons. The summed E-state index contributed by atoms with van der Waals surface area (Å²) in [5, 5.41) is 4.33. The fourth-order valence-electron chi connectivity index (χ4n) is 1.86. The maximum Gasteiger partial charge on any atom is 0.341 e. The van der Waals surface area contributed by atoms with Gasteiger partial charge >= 0.3 is 12.0 Å². The van der Waals surface area contributed by atoms with Gasteiger partial charge in [-0.15, -0.1) is 0 Å². The van der Waals surface area contributed by atoms with E-state index in [2.05, 4.69) is 5.32 Å². The van der Waals surface area contributed by atoms with Crippen molar-refractivity contribution >= 4 is 29.5 Å². The maximum atomic E-state index is 12.2. The lowest BCUT2D eigenvalue weighted by Crippen LogP contribution is -2.42. The van der Waals surface area contributed by atoms with E-state index < -0.39 is 29.9 Å². The maximum absolute atomic E-state index is 12.2. The van der Waals surface area contributed by atoms with E-state index in [4.69, 9.17) is 14.9 Å². The summed E-state index contributed by atoms with van der Waals surface area (Å²) in [6, 6.07) is 8.04. The number of esters is 1. The van der Waals surface area contributed by atoms with Crippen LogP contribution in [-0.2, 0) is 9.53 Å². The van der Waals surface area contributed by atoms with Crippen LogP contribution in [0.3, 0.4) is 0 Å². The van der Waals surface area contributed by atoms with Gasteiger partial charge in [0.2, 0.25) is 0 Å². The molecule has 1 aromatic carbocycles. The van der Waals surface area contributed by atoms with Gasteiger partial charge in [0.05, 0.1) is 17.5 Å². The SMILES string of the molecule is C[C@H](OC(=O)c1ccccc1NC(=O)c1ccco1)C(=O)NC(N)=O. The second kappa shape index (κ2) is 7.77. The lowest BCUT2D eigenvalue weighted by molar-refractivity contribution is -0.127. The van der Waals surface area contributed by atoms with Crippen LogP contribution in [0.2, 0.25) is 0 Å². The Bertz CT molecular complexity index is 800. The third kappa shape index (κ3) is 4.67. The Morgan fingerprint density at radius 1 is 1.12 bits per heavy atom. The number of amides is 4. The number of ether oxygens (including phenoxy) is 1. The number of para-hydroxylation sites is 1. The molecule has 2 aromatic rings. The Labute approximate surface area is 142 Å². The van der Waals surface area contributed by atoms with E-state index in [0.717, 1.165) is 0 Å². The zero-order valence-corrected chi connectivity index (χ0v) is 13.1. The van der Waals surface area contributed by atoms with Gasteiger partial charge in [-0.3, -0.25) is 14.9 Å². The van der Waals surface area contributed by atoms with Crippen LogP contribution in [0.4, 0.5) is 10.5 Å². The molecule has 1 heterocycles. The van der Waals surface area contributed by atoms with Gasteiger partial charge in [0.1, 0.15) is 0 Å². The van der Waals surface area contributed by atoms with Gasteiger partial charge in [-0.25, -0.2) is 9.59 Å². The van der Waals surface area contributed by atoms with Crippen LogP contribution in [0.25, 0.3) is 0 Å². The average molecular weight is 345 g/mol. The van der Waals surface area contributed by atoms with Crippen molar-refractivity contribution in [2.24, 2.45) is 5.73 Å². The molecule has 0 unspecified atom stereocenters. The Kier molecular flexibility index (Phi) is 5.51. The van der Waals surface area contributed by atoms with Crippen molar-refractivity contribution in [2.75, 3.05) is 5.32 Å². The summed E-state index contributed by atoms with van der Waals surface area (Å²) in [6.07, 6.45) is 0.0857. The van der Waals surface area contributed by atoms with Crippen LogP contribution in [0.5, 0.6) is 0 Å². The number of carbonyl (C=O) groups excluding carboxylic acids is 4. The number of nitrogens with one attached hydrogen (secondary N) is 2. The van der Waals surface area contributed by atoms with Gasteiger partial charge < -0.3 is 20.2 Å². The predicted molar refractivity (Wildman–Crippen MR) is 85.7 cm³/mol. The van der Waals surface area contributed by atoms with Gasteiger partial charge in [0, 0.05) is 0 Å². The zero-order chi connectivity index (χ0) is 18.4. The molecule has 0 spiro atoms. The molecule has 0 bridgehead atoms. The number of benzene rings is 1. The van der Waals surface area contributed by atoms with Crippen LogP contribution in [-0.4, -0.2) is 29.9 Å². The highest BCUT2D eigenvalue weighted by Crippen LogP contribution is 2.18. The molecule has 4 amide bonds. The zero-order valence-electron chi connectivity index (χ0n) is 13.1. The highest BCUT2D eigenvalue weighted by molar-refractivity contribution is 6.07. The molecule has 1 atom stereocenters. The third-order valence-corrected chi connectivity index (χ3v) is 3.04. The van der Waals surface area contributed by atoms with E-state index in [9.17, 15) is 19.2 Å². The molecule has 0 saturated heterocycles. The molecule has 130 valence electrons.